The summed E-state index contributed by atoms with van der Waals surface area (Å²) in [6.07, 6.45) is -3.54. The minimum Gasteiger partial charge on any atom is -0.480 e. The third kappa shape index (κ3) is 4.25. The van der Waals surface area contributed by atoms with Crippen molar-refractivity contribution in [2.75, 3.05) is 19.6 Å². The molecule has 0 aromatic heterocycles. The zero-order valence-corrected chi connectivity index (χ0v) is 14.1. The molecule has 6 heteroatoms. The highest BCUT2D eigenvalue weighted by Crippen LogP contribution is 2.38. The van der Waals surface area contributed by atoms with Gasteiger partial charge in [0.25, 0.3) is 0 Å². The molecule has 3 nitrogen and oxygen atoms in total. The SMILES string of the molecule is O=C(O)CN1CCC(C(c2ccccc2)c2ccc(C(F)(F)F)cc2)C1. The molecule has 0 amide bonds. The Morgan fingerprint density at radius 3 is 2.27 bits per heavy atom. The van der Waals surface area contributed by atoms with Crippen LogP contribution >= 0.6 is 0 Å². The van der Waals surface area contributed by atoms with E-state index in [2.05, 4.69) is 0 Å². The topological polar surface area (TPSA) is 40.5 Å². The van der Waals surface area contributed by atoms with Crippen LogP contribution in [0.3, 0.4) is 0 Å². The average molecular weight is 363 g/mol. The normalized spacial score (nSPS) is 19.4. The molecule has 1 heterocycles. The van der Waals surface area contributed by atoms with E-state index < -0.39 is 17.7 Å². The van der Waals surface area contributed by atoms with Gasteiger partial charge in [-0.2, -0.15) is 13.2 Å². The van der Waals surface area contributed by atoms with Gasteiger partial charge in [0.2, 0.25) is 0 Å². The zero-order chi connectivity index (χ0) is 18.7. The van der Waals surface area contributed by atoms with Gasteiger partial charge in [-0.1, -0.05) is 42.5 Å². The van der Waals surface area contributed by atoms with E-state index in [0.29, 0.717) is 13.1 Å². The predicted octanol–water partition coefficient (Wildman–Crippen LogP) is 4.24. The Balaban J connectivity index is 1.89. The summed E-state index contributed by atoms with van der Waals surface area (Å²) in [5.74, 6) is -0.762. The third-order valence-corrected chi connectivity index (χ3v) is 4.89. The summed E-state index contributed by atoms with van der Waals surface area (Å²) >= 11 is 0. The molecule has 2 atom stereocenters. The lowest BCUT2D eigenvalue weighted by Crippen LogP contribution is -2.28. The molecule has 26 heavy (non-hydrogen) atoms. The molecule has 138 valence electrons. The molecule has 0 aliphatic carbocycles. The first kappa shape index (κ1) is 18.5. The Morgan fingerprint density at radius 2 is 1.69 bits per heavy atom. The van der Waals surface area contributed by atoms with Gasteiger partial charge >= 0.3 is 12.1 Å². The summed E-state index contributed by atoms with van der Waals surface area (Å²) in [4.78, 5) is 12.8. The fourth-order valence-corrected chi connectivity index (χ4v) is 3.75. The number of likely N-dealkylation sites (tertiary alicyclic amines) is 1. The van der Waals surface area contributed by atoms with E-state index in [-0.39, 0.29) is 18.4 Å². The lowest BCUT2D eigenvalue weighted by molar-refractivity contribution is -0.138. The second kappa shape index (κ2) is 7.50. The van der Waals surface area contributed by atoms with Crippen LogP contribution in [0.4, 0.5) is 13.2 Å². The Hall–Kier alpha value is -2.34. The molecule has 0 bridgehead atoms. The van der Waals surface area contributed by atoms with Crippen LogP contribution in [0.15, 0.2) is 54.6 Å². The Morgan fingerprint density at radius 1 is 1.08 bits per heavy atom. The number of aliphatic carboxylic acids is 1. The van der Waals surface area contributed by atoms with Crippen molar-refractivity contribution < 1.29 is 23.1 Å². The Labute approximate surface area is 150 Å². The second-order valence-corrected chi connectivity index (χ2v) is 6.69. The Kier molecular flexibility index (Phi) is 5.32. The van der Waals surface area contributed by atoms with Crippen LogP contribution in [0.1, 0.15) is 29.0 Å². The predicted molar refractivity (Wildman–Crippen MR) is 91.9 cm³/mol. The number of nitrogens with zero attached hydrogens (tertiary/aromatic N) is 1. The summed E-state index contributed by atoms with van der Waals surface area (Å²) in [6.45, 7) is 1.29. The smallest absolute Gasteiger partial charge is 0.416 e. The van der Waals surface area contributed by atoms with Crippen molar-refractivity contribution in [2.45, 2.75) is 18.5 Å². The largest absolute Gasteiger partial charge is 0.480 e. The maximum atomic E-state index is 12.9. The molecule has 1 aliphatic heterocycles. The van der Waals surface area contributed by atoms with E-state index >= 15 is 0 Å². The van der Waals surface area contributed by atoms with Crippen molar-refractivity contribution >= 4 is 5.97 Å². The highest BCUT2D eigenvalue weighted by molar-refractivity contribution is 5.69. The number of carboxylic acid groups (broad SMARTS) is 1. The number of carboxylic acids is 1. The van der Waals surface area contributed by atoms with Gasteiger partial charge < -0.3 is 5.11 Å². The van der Waals surface area contributed by atoms with E-state index in [4.69, 9.17) is 5.11 Å². The molecule has 2 aromatic rings. The number of benzene rings is 2. The molecule has 0 spiro atoms. The maximum Gasteiger partial charge on any atom is 0.416 e. The molecule has 1 fully saturated rings. The van der Waals surface area contributed by atoms with Gasteiger partial charge in [0.05, 0.1) is 12.1 Å². The van der Waals surface area contributed by atoms with Gasteiger partial charge in [-0.05, 0) is 42.1 Å². The Bertz CT molecular complexity index is 744. The van der Waals surface area contributed by atoms with Gasteiger partial charge in [0.15, 0.2) is 0 Å². The van der Waals surface area contributed by atoms with Gasteiger partial charge in [0.1, 0.15) is 0 Å². The van der Waals surface area contributed by atoms with Gasteiger partial charge in [-0.15, -0.1) is 0 Å². The average Bonchev–Trinajstić information content (AvgIpc) is 3.03. The quantitative estimate of drug-likeness (QED) is 0.864. The van der Waals surface area contributed by atoms with Crippen LogP contribution in [0.2, 0.25) is 0 Å². The number of carbonyl (C=O) groups is 1. The molecule has 2 aromatic carbocycles. The fraction of sp³-hybridized carbons (Fsp3) is 0.350. The van der Waals surface area contributed by atoms with E-state index in [0.717, 1.165) is 29.7 Å². The van der Waals surface area contributed by atoms with Crippen molar-refractivity contribution in [3.8, 4) is 0 Å². The molecular formula is C20H20F3NO2. The third-order valence-electron chi connectivity index (χ3n) is 4.89. The highest BCUT2D eigenvalue weighted by atomic mass is 19.4. The first-order valence-electron chi connectivity index (χ1n) is 8.51. The first-order chi connectivity index (χ1) is 12.3. The number of alkyl halides is 3. The van der Waals surface area contributed by atoms with Crippen molar-refractivity contribution in [3.05, 3.63) is 71.3 Å². The van der Waals surface area contributed by atoms with Crippen LogP contribution in [-0.2, 0) is 11.0 Å². The minimum atomic E-state index is -4.35. The summed E-state index contributed by atoms with van der Waals surface area (Å²) in [7, 11) is 0. The zero-order valence-electron chi connectivity index (χ0n) is 14.1. The molecule has 1 aliphatic rings. The van der Waals surface area contributed by atoms with E-state index in [9.17, 15) is 18.0 Å². The van der Waals surface area contributed by atoms with Crippen LogP contribution in [0.5, 0.6) is 0 Å². The second-order valence-electron chi connectivity index (χ2n) is 6.69. The van der Waals surface area contributed by atoms with E-state index in [1.54, 1.807) is 12.1 Å². The summed E-state index contributed by atoms with van der Waals surface area (Å²) in [5.41, 5.74) is 1.20. The lowest BCUT2D eigenvalue weighted by atomic mass is 9.80. The van der Waals surface area contributed by atoms with Crippen LogP contribution in [0.25, 0.3) is 0 Å². The molecule has 0 saturated carbocycles. The molecule has 1 saturated heterocycles. The fourth-order valence-electron chi connectivity index (χ4n) is 3.75. The molecule has 2 unspecified atom stereocenters. The van der Waals surface area contributed by atoms with Crippen LogP contribution in [-0.4, -0.2) is 35.6 Å². The summed E-state index contributed by atoms with van der Waals surface area (Å²) in [6, 6.07) is 15.0. The van der Waals surface area contributed by atoms with Crippen LogP contribution < -0.4 is 0 Å². The van der Waals surface area contributed by atoms with Gasteiger partial charge in [-0.3, -0.25) is 9.69 Å². The van der Waals surface area contributed by atoms with E-state index in [1.807, 2.05) is 35.2 Å². The first-order valence-corrected chi connectivity index (χ1v) is 8.51. The number of halogens is 3. The lowest BCUT2D eigenvalue weighted by Gasteiger charge is -2.25. The number of hydrogen-bond donors (Lipinski definition) is 1. The molecule has 3 rings (SSSR count). The summed E-state index contributed by atoms with van der Waals surface area (Å²) in [5, 5.41) is 8.99. The summed E-state index contributed by atoms with van der Waals surface area (Å²) < 4.78 is 38.6. The highest BCUT2D eigenvalue weighted by Gasteiger charge is 2.34. The van der Waals surface area contributed by atoms with E-state index in [1.165, 1.54) is 0 Å². The molecule has 0 radical (unpaired) electrons. The van der Waals surface area contributed by atoms with Crippen molar-refractivity contribution in [2.24, 2.45) is 5.92 Å². The van der Waals surface area contributed by atoms with Crippen molar-refractivity contribution in [3.63, 3.8) is 0 Å². The van der Waals surface area contributed by atoms with Crippen LogP contribution in [0, 0.1) is 5.92 Å². The maximum absolute atomic E-state index is 12.9. The van der Waals surface area contributed by atoms with Crippen molar-refractivity contribution in [1.29, 1.82) is 0 Å². The van der Waals surface area contributed by atoms with Gasteiger partial charge in [-0.25, -0.2) is 0 Å². The number of hydrogen-bond acceptors (Lipinski definition) is 2. The van der Waals surface area contributed by atoms with Crippen molar-refractivity contribution in [1.82, 2.24) is 4.90 Å². The minimum absolute atomic E-state index is 0.00891. The molecule has 1 N–H and O–H groups in total. The monoisotopic (exact) mass is 363 g/mol. The molecular weight excluding hydrogens is 343 g/mol. The number of rotatable bonds is 5. The van der Waals surface area contributed by atoms with Gasteiger partial charge in [0, 0.05) is 12.5 Å². The standard InChI is InChI=1S/C20H20F3NO2/c21-20(22,23)17-8-6-15(7-9-17)19(14-4-2-1-3-5-14)16-10-11-24(12-16)13-18(25)26/h1-9,16,19H,10-13H2,(H,25,26).